The summed E-state index contributed by atoms with van der Waals surface area (Å²) >= 11 is 0. The van der Waals surface area contributed by atoms with Gasteiger partial charge in [-0.25, -0.2) is 4.39 Å². The third kappa shape index (κ3) is 3.07. The Hall–Kier alpha value is -1.13. The minimum Gasteiger partial charge on any atom is -0.496 e. The molecule has 0 aliphatic carbocycles. The Balaban J connectivity index is 2.25. The predicted octanol–water partition coefficient (Wildman–Crippen LogP) is 2.36. The molecule has 19 heavy (non-hydrogen) atoms. The lowest BCUT2D eigenvalue weighted by molar-refractivity contribution is 0.219. The molecule has 1 aliphatic heterocycles. The van der Waals surface area contributed by atoms with E-state index in [4.69, 9.17) is 10.5 Å². The average molecular weight is 266 g/mol. The molecule has 2 N–H and O–H groups in total. The molecule has 2 unspecified atom stereocenters. The smallest absolute Gasteiger partial charge is 0.123 e. The van der Waals surface area contributed by atoms with Gasteiger partial charge in [-0.2, -0.15) is 0 Å². The SMILES string of the molecule is COc1ccc(F)cc1C(C)C(CN)N1CCCC1. The topological polar surface area (TPSA) is 38.5 Å². The van der Waals surface area contributed by atoms with Gasteiger partial charge in [0.1, 0.15) is 11.6 Å². The second-order valence-corrected chi connectivity index (χ2v) is 5.22. The van der Waals surface area contributed by atoms with Crippen LogP contribution in [0.4, 0.5) is 4.39 Å². The number of nitrogens with two attached hydrogens (primary N) is 1. The summed E-state index contributed by atoms with van der Waals surface area (Å²) in [6.45, 7) is 4.86. The number of benzene rings is 1. The maximum absolute atomic E-state index is 13.5. The van der Waals surface area contributed by atoms with Crippen molar-refractivity contribution in [3.05, 3.63) is 29.6 Å². The molecule has 2 rings (SSSR count). The third-order valence-corrected chi connectivity index (χ3v) is 4.11. The van der Waals surface area contributed by atoms with Crippen molar-refractivity contribution in [1.29, 1.82) is 0 Å². The van der Waals surface area contributed by atoms with Crippen molar-refractivity contribution in [2.45, 2.75) is 31.7 Å². The van der Waals surface area contributed by atoms with Crippen LogP contribution in [0.25, 0.3) is 0 Å². The first-order valence-electron chi connectivity index (χ1n) is 6.95. The summed E-state index contributed by atoms with van der Waals surface area (Å²) in [5.41, 5.74) is 6.85. The summed E-state index contributed by atoms with van der Waals surface area (Å²) in [6.07, 6.45) is 2.45. The summed E-state index contributed by atoms with van der Waals surface area (Å²) in [4.78, 5) is 2.41. The van der Waals surface area contributed by atoms with E-state index in [-0.39, 0.29) is 17.8 Å². The van der Waals surface area contributed by atoms with Crippen molar-refractivity contribution in [3.8, 4) is 5.75 Å². The van der Waals surface area contributed by atoms with Gasteiger partial charge in [-0.05, 0) is 44.1 Å². The van der Waals surface area contributed by atoms with Crippen LogP contribution < -0.4 is 10.5 Å². The minimum atomic E-state index is -0.222. The molecule has 0 bridgehead atoms. The van der Waals surface area contributed by atoms with Crippen LogP contribution in [0.2, 0.25) is 0 Å². The molecule has 0 spiro atoms. The van der Waals surface area contributed by atoms with E-state index in [0.717, 1.165) is 24.4 Å². The largest absolute Gasteiger partial charge is 0.496 e. The van der Waals surface area contributed by atoms with Crippen LogP contribution in [0.3, 0.4) is 0 Å². The molecule has 1 saturated heterocycles. The second kappa shape index (κ2) is 6.35. The monoisotopic (exact) mass is 266 g/mol. The summed E-state index contributed by atoms with van der Waals surface area (Å²) in [5.74, 6) is 0.681. The van der Waals surface area contributed by atoms with Crippen LogP contribution in [0.15, 0.2) is 18.2 Å². The van der Waals surface area contributed by atoms with Crippen LogP contribution >= 0.6 is 0 Å². The maximum Gasteiger partial charge on any atom is 0.123 e. The number of halogens is 1. The molecule has 2 atom stereocenters. The molecule has 1 aromatic carbocycles. The van der Waals surface area contributed by atoms with E-state index in [2.05, 4.69) is 11.8 Å². The number of hydrogen-bond donors (Lipinski definition) is 1. The Morgan fingerprint density at radius 1 is 1.37 bits per heavy atom. The molecule has 0 radical (unpaired) electrons. The van der Waals surface area contributed by atoms with Crippen LogP contribution in [0.1, 0.15) is 31.2 Å². The van der Waals surface area contributed by atoms with Crippen LogP contribution in [0, 0.1) is 5.82 Å². The fraction of sp³-hybridized carbons (Fsp3) is 0.600. The van der Waals surface area contributed by atoms with Gasteiger partial charge in [-0.1, -0.05) is 6.92 Å². The zero-order valence-electron chi connectivity index (χ0n) is 11.7. The molecule has 0 aromatic heterocycles. The van der Waals surface area contributed by atoms with Gasteiger partial charge in [-0.3, -0.25) is 4.90 Å². The molecule has 0 saturated carbocycles. The molecular formula is C15H23FN2O. The van der Waals surface area contributed by atoms with E-state index in [1.807, 2.05) is 0 Å². The first-order chi connectivity index (χ1) is 9.17. The second-order valence-electron chi connectivity index (χ2n) is 5.22. The van der Waals surface area contributed by atoms with Gasteiger partial charge in [0.2, 0.25) is 0 Å². The first-order valence-corrected chi connectivity index (χ1v) is 6.95. The summed E-state index contributed by atoms with van der Waals surface area (Å²) in [7, 11) is 1.62. The lowest BCUT2D eigenvalue weighted by Gasteiger charge is -2.32. The number of methoxy groups -OCH3 is 1. The van der Waals surface area contributed by atoms with Gasteiger partial charge in [0.05, 0.1) is 7.11 Å². The maximum atomic E-state index is 13.5. The van der Waals surface area contributed by atoms with Crippen LogP contribution in [-0.2, 0) is 0 Å². The molecule has 4 heteroatoms. The zero-order chi connectivity index (χ0) is 13.8. The number of nitrogens with zero attached hydrogens (tertiary/aromatic N) is 1. The molecular weight excluding hydrogens is 243 g/mol. The van der Waals surface area contributed by atoms with Crippen LogP contribution in [-0.4, -0.2) is 37.7 Å². The Bertz CT molecular complexity index is 419. The lowest BCUT2D eigenvalue weighted by atomic mass is 9.91. The fourth-order valence-corrected chi connectivity index (χ4v) is 3.01. The van der Waals surface area contributed by atoms with Crippen molar-refractivity contribution in [2.75, 3.05) is 26.7 Å². The molecule has 3 nitrogen and oxygen atoms in total. The van der Waals surface area contributed by atoms with Gasteiger partial charge in [0.15, 0.2) is 0 Å². The normalized spacial score (nSPS) is 19.4. The van der Waals surface area contributed by atoms with Crippen molar-refractivity contribution in [2.24, 2.45) is 5.73 Å². The van der Waals surface area contributed by atoms with E-state index in [1.165, 1.54) is 18.9 Å². The van der Waals surface area contributed by atoms with Gasteiger partial charge >= 0.3 is 0 Å². The van der Waals surface area contributed by atoms with Gasteiger partial charge in [0.25, 0.3) is 0 Å². The number of rotatable bonds is 5. The number of ether oxygens (including phenoxy) is 1. The van der Waals surface area contributed by atoms with E-state index >= 15 is 0 Å². The van der Waals surface area contributed by atoms with Crippen molar-refractivity contribution in [3.63, 3.8) is 0 Å². The zero-order valence-corrected chi connectivity index (χ0v) is 11.7. The highest BCUT2D eigenvalue weighted by molar-refractivity contribution is 5.37. The van der Waals surface area contributed by atoms with Gasteiger partial charge in [0, 0.05) is 24.1 Å². The molecule has 1 fully saturated rings. The first kappa shape index (κ1) is 14.3. The van der Waals surface area contributed by atoms with Crippen molar-refractivity contribution >= 4 is 0 Å². The standard InChI is InChI=1S/C15H23FN2O/c1-11(14(10-17)18-7-3-4-8-18)13-9-12(16)5-6-15(13)19-2/h5-6,9,11,14H,3-4,7-8,10,17H2,1-2H3. The highest BCUT2D eigenvalue weighted by atomic mass is 19.1. The minimum absolute atomic E-state index is 0.161. The highest BCUT2D eigenvalue weighted by Gasteiger charge is 2.28. The number of likely N-dealkylation sites (tertiary alicyclic amines) is 1. The van der Waals surface area contributed by atoms with E-state index in [0.29, 0.717) is 6.54 Å². The third-order valence-electron chi connectivity index (χ3n) is 4.11. The van der Waals surface area contributed by atoms with E-state index < -0.39 is 0 Å². The molecule has 1 aliphatic rings. The number of hydrogen-bond acceptors (Lipinski definition) is 3. The summed E-state index contributed by atoms with van der Waals surface area (Å²) in [6, 6.07) is 4.95. The molecule has 1 heterocycles. The van der Waals surface area contributed by atoms with Gasteiger partial charge in [-0.15, -0.1) is 0 Å². The fourth-order valence-electron chi connectivity index (χ4n) is 3.01. The van der Waals surface area contributed by atoms with Crippen molar-refractivity contribution in [1.82, 2.24) is 4.90 Å². The Morgan fingerprint density at radius 3 is 2.63 bits per heavy atom. The van der Waals surface area contributed by atoms with Crippen molar-refractivity contribution < 1.29 is 9.13 Å². The Morgan fingerprint density at radius 2 is 2.05 bits per heavy atom. The van der Waals surface area contributed by atoms with E-state index in [1.54, 1.807) is 19.2 Å². The Kier molecular flexibility index (Phi) is 4.77. The molecule has 1 aromatic rings. The predicted molar refractivity (Wildman–Crippen MR) is 75.0 cm³/mol. The summed E-state index contributed by atoms with van der Waals surface area (Å²) in [5, 5.41) is 0. The average Bonchev–Trinajstić information content (AvgIpc) is 2.93. The van der Waals surface area contributed by atoms with E-state index in [9.17, 15) is 4.39 Å². The molecule has 106 valence electrons. The van der Waals surface area contributed by atoms with Gasteiger partial charge < -0.3 is 10.5 Å². The quantitative estimate of drug-likeness (QED) is 0.889. The summed E-state index contributed by atoms with van der Waals surface area (Å²) < 4.78 is 18.8. The van der Waals surface area contributed by atoms with Crippen LogP contribution in [0.5, 0.6) is 5.75 Å². The lowest BCUT2D eigenvalue weighted by Crippen LogP contribution is -2.42. The highest BCUT2D eigenvalue weighted by Crippen LogP contribution is 2.32. The Labute approximate surface area is 114 Å². The molecule has 0 amide bonds.